The summed E-state index contributed by atoms with van der Waals surface area (Å²) >= 11 is 1.92. The van der Waals surface area contributed by atoms with Crippen molar-refractivity contribution in [3.63, 3.8) is 0 Å². The predicted molar refractivity (Wildman–Crippen MR) is 84.8 cm³/mol. The van der Waals surface area contributed by atoms with Gasteiger partial charge in [-0.05, 0) is 26.0 Å². The largest absolute Gasteiger partial charge is 0.327 e. The van der Waals surface area contributed by atoms with Gasteiger partial charge in [0.15, 0.2) is 0 Å². The van der Waals surface area contributed by atoms with Crippen LogP contribution in [0.1, 0.15) is 19.4 Å². The van der Waals surface area contributed by atoms with E-state index in [0.717, 1.165) is 24.4 Å². The van der Waals surface area contributed by atoms with E-state index in [2.05, 4.69) is 31.0 Å². The van der Waals surface area contributed by atoms with Crippen molar-refractivity contribution in [3.8, 4) is 11.8 Å². The first-order valence-corrected chi connectivity index (χ1v) is 7.76. The number of urea groups is 1. The van der Waals surface area contributed by atoms with Gasteiger partial charge < -0.3 is 10.2 Å². The van der Waals surface area contributed by atoms with Crippen molar-refractivity contribution in [2.45, 2.75) is 18.6 Å². The summed E-state index contributed by atoms with van der Waals surface area (Å²) in [6.07, 6.45) is 0. The highest BCUT2D eigenvalue weighted by molar-refractivity contribution is 8.00. The van der Waals surface area contributed by atoms with Gasteiger partial charge in [-0.3, -0.25) is 0 Å². The highest BCUT2D eigenvalue weighted by atomic mass is 32.2. The summed E-state index contributed by atoms with van der Waals surface area (Å²) in [4.78, 5) is 13.9. The number of carbonyl (C=O) groups is 1. The molecule has 2 rings (SSSR count). The third-order valence-corrected chi connectivity index (χ3v) is 4.34. The first-order valence-electron chi connectivity index (χ1n) is 6.77. The van der Waals surface area contributed by atoms with Crippen LogP contribution in [0.5, 0.6) is 0 Å². The second-order valence-corrected chi connectivity index (χ2v) is 7.16. The van der Waals surface area contributed by atoms with Crippen LogP contribution < -0.4 is 5.32 Å². The molecule has 0 radical (unpaired) electrons. The van der Waals surface area contributed by atoms with Crippen molar-refractivity contribution in [2.24, 2.45) is 0 Å². The molecule has 1 N–H and O–H groups in total. The number of thioether (sulfide) groups is 1. The van der Waals surface area contributed by atoms with E-state index < -0.39 is 0 Å². The van der Waals surface area contributed by atoms with Crippen molar-refractivity contribution in [1.82, 2.24) is 10.2 Å². The number of rotatable bonds is 1. The molecule has 3 nitrogen and oxygen atoms in total. The van der Waals surface area contributed by atoms with Crippen LogP contribution in [0.25, 0.3) is 0 Å². The summed E-state index contributed by atoms with van der Waals surface area (Å²) in [5.74, 6) is 7.01. The summed E-state index contributed by atoms with van der Waals surface area (Å²) in [5.41, 5.74) is 0.970. The topological polar surface area (TPSA) is 32.3 Å². The zero-order valence-electron chi connectivity index (χ0n) is 12.0. The maximum Gasteiger partial charge on any atom is 0.318 e. The van der Waals surface area contributed by atoms with E-state index in [1.54, 1.807) is 0 Å². The van der Waals surface area contributed by atoms with Gasteiger partial charge in [0.05, 0.1) is 6.54 Å². The zero-order valence-corrected chi connectivity index (χ0v) is 12.8. The van der Waals surface area contributed by atoms with E-state index >= 15 is 0 Å². The molecule has 1 saturated heterocycles. The van der Waals surface area contributed by atoms with Crippen LogP contribution in [0.3, 0.4) is 0 Å². The number of hydrogen-bond acceptors (Lipinski definition) is 2. The first kappa shape index (κ1) is 14.8. The Kier molecular flexibility index (Phi) is 4.97. The van der Waals surface area contributed by atoms with E-state index in [-0.39, 0.29) is 10.8 Å². The standard InChI is InChI=1S/C16H20N2OS/c1-16(2)13-18(11-12-20-16)15(19)17-10-6-9-14-7-4-3-5-8-14/h3-5,7-8H,10-13H2,1-2H3,(H,17,19). The van der Waals surface area contributed by atoms with Gasteiger partial charge in [-0.25, -0.2) is 4.79 Å². The van der Waals surface area contributed by atoms with Crippen LogP contribution in [-0.4, -0.2) is 41.1 Å². The Balaban J connectivity index is 1.80. The molecule has 1 aromatic rings. The summed E-state index contributed by atoms with van der Waals surface area (Å²) in [5, 5.41) is 2.86. The van der Waals surface area contributed by atoms with Crippen LogP contribution >= 0.6 is 11.8 Å². The molecule has 1 aliphatic heterocycles. The van der Waals surface area contributed by atoms with Crippen LogP contribution in [0.4, 0.5) is 4.79 Å². The molecule has 2 amide bonds. The molecule has 0 bridgehead atoms. The lowest BCUT2D eigenvalue weighted by Gasteiger charge is -2.37. The molecular weight excluding hydrogens is 268 g/mol. The third-order valence-electron chi connectivity index (χ3n) is 3.05. The summed E-state index contributed by atoms with van der Waals surface area (Å²) in [7, 11) is 0. The molecule has 0 unspecified atom stereocenters. The van der Waals surface area contributed by atoms with Crippen molar-refractivity contribution in [3.05, 3.63) is 35.9 Å². The minimum Gasteiger partial charge on any atom is -0.327 e. The Hall–Kier alpha value is -1.60. The molecule has 0 aliphatic carbocycles. The Morgan fingerprint density at radius 2 is 2.15 bits per heavy atom. The Morgan fingerprint density at radius 3 is 2.85 bits per heavy atom. The average molecular weight is 288 g/mol. The molecule has 4 heteroatoms. The van der Waals surface area contributed by atoms with E-state index in [1.165, 1.54) is 0 Å². The smallest absolute Gasteiger partial charge is 0.318 e. The summed E-state index contributed by atoms with van der Waals surface area (Å²) in [6.45, 7) is 6.33. The maximum absolute atomic E-state index is 12.0. The van der Waals surface area contributed by atoms with Crippen LogP contribution in [0, 0.1) is 11.8 Å². The normalized spacial score (nSPS) is 17.0. The Morgan fingerprint density at radius 1 is 1.40 bits per heavy atom. The number of carbonyl (C=O) groups excluding carboxylic acids is 1. The average Bonchev–Trinajstić information content (AvgIpc) is 2.43. The highest BCUT2D eigenvalue weighted by Crippen LogP contribution is 2.29. The lowest BCUT2D eigenvalue weighted by Crippen LogP contribution is -2.50. The molecule has 1 aromatic carbocycles. The fourth-order valence-electron chi connectivity index (χ4n) is 2.09. The molecule has 0 atom stereocenters. The number of amides is 2. The molecule has 1 fully saturated rings. The van der Waals surface area contributed by atoms with E-state index in [9.17, 15) is 4.79 Å². The highest BCUT2D eigenvalue weighted by Gasteiger charge is 2.29. The van der Waals surface area contributed by atoms with Crippen LogP contribution in [0.2, 0.25) is 0 Å². The van der Waals surface area contributed by atoms with Crippen LogP contribution in [-0.2, 0) is 0 Å². The van der Waals surface area contributed by atoms with E-state index in [4.69, 9.17) is 0 Å². The minimum atomic E-state index is -0.0132. The monoisotopic (exact) mass is 288 g/mol. The molecule has 1 aliphatic rings. The first-order chi connectivity index (χ1) is 9.57. The fraction of sp³-hybridized carbons (Fsp3) is 0.438. The van der Waals surface area contributed by atoms with Gasteiger partial charge in [0, 0.05) is 29.2 Å². The second-order valence-electron chi connectivity index (χ2n) is 5.36. The van der Waals surface area contributed by atoms with Gasteiger partial charge >= 0.3 is 6.03 Å². The van der Waals surface area contributed by atoms with Crippen molar-refractivity contribution >= 4 is 17.8 Å². The molecule has 0 aromatic heterocycles. The minimum absolute atomic E-state index is 0.0132. The quantitative estimate of drug-likeness (QED) is 0.806. The molecule has 1 heterocycles. The van der Waals surface area contributed by atoms with E-state index in [0.29, 0.717) is 6.54 Å². The molecule has 106 valence electrons. The molecule has 0 saturated carbocycles. The van der Waals surface area contributed by atoms with Gasteiger partial charge in [-0.1, -0.05) is 30.0 Å². The Labute approximate surface area is 125 Å². The van der Waals surface area contributed by atoms with Gasteiger partial charge in [0.2, 0.25) is 0 Å². The number of nitrogens with one attached hydrogen (secondary N) is 1. The second kappa shape index (κ2) is 6.71. The predicted octanol–water partition coefficient (Wildman–Crippen LogP) is 2.58. The summed E-state index contributed by atoms with van der Waals surface area (Å²) < 4.78 is 0.144. The van der Waals surface area contributed by atoms with Gasteiger partial charge in [-0.15, -0.1) is 0 Å². The SMILES string of the molecule is CC1(C)CN(C(=O)NCC#Cc2ccccc2)CCS1. The number of hydrogen-bond donors (Lipinski definition) is 1. The number of nitrogens with zero attached hydrogens (tertiary/aromatic N) is 1. The lowest BCUT2D eigenvalue weighted by atomic mass is 10.2. The van der Waals surface area contributed by atoms with Crippen molar-refractivity contribution in [2.75, 3.05) is 25.4 Å². The van der Waals surface area contributed by atoms with Gasteiger partial charge in [-0.2, -0.15) is 11.8 Å². The molecule has 0 spiro atoms. The van der Waals surface area contributed by atoms with Crippen molar-refractivity contribution < 1.29 is 4.79 Å². The molecule has 20 heavy (non-hydrogen) atoms. The van der Waals surface area contributed by atoms with E-state index in [1.807, 2.05) is 47.0 Å². The zero-order chi connectivity index (χ0) is 14.4. The number of benzene rings is 1. The Bertz CT molecular complexity index is 516. The third kappa shape index (κ3) is 4.50. The summed E-state index contributed by atoms with van der Waals surface area (Å²) in [6, 6.07) is 9.77. The maximum atomic E-state index is 12.0. The lowest BCUT2D eigenvalue weighted by molar-refractivity contribution is 0.196. The molecular formula is C16H20N2OS. The fourth-order valence-corrected chi connectivity index (χ4v) is 3.20. The van der Waals surface area contributed by atoms with Crippen molar-refractivity contribution in [1.29, 1.82) is 0 Å². The van der Waals surface area contributed by atoms with Gasteiger partial charge in [0.25, 0.3) is 0 Å². The van der Waals surface area contributed by atoms with Gasteiger partial charge in [0.1, 0.15) is 0 Å². The van der Waals surface area contributed by atoms with Crippen LogP contribution in [0.15, 0.2) is 30.3 Å².